The summed E-state index contributed by atoms with van der Waals surface area (Å²) in [6.45, 7) is 1.51. The average molecular weight is 408 g/mol. The molecule has 2 heterocycles. The van der Waals surface area contributed by atoms with Gasteiger partial charge in [0.15, 0.2) is 11.5 Å². The van der Waals surface area contributed by atoms with Gasteiger partial charge in [-0.3, -0.25) is 9.20 Å². The summed E-state index contributed by atoms with van der Waals surface area (Å²) >= 11 is 1.10. The van der Waals surface area contributed by atoms with Gasteiger partial charge in [-0.2, -0.15) is 0 Å². The van der Waals surface area contributed by atoms with E-state index in [1.54, 1.807) is 42.7 Å². The Balaban J connectivity index is 1.92. The lowest BCUT2D eigenvalue weighted by molar-refractivity contribution is -0.0770. The quantitative estimate of drug-likeness (QED) is 0.180. The van der Waals surface area contributed by atoms with E-state index < -0.39 is 0 Å². The molecule has 0 spiro atoms. The maximum atomic E-state index is 13.5. The Morgan fingerprint density at radius 1 is 1.03 bits per heavy atom. The summed E-state index contributed by atoms with van der Waals surface area (Å²) in [6.07, 6.45) is 3.60. The molecule has 0 saturated heterocycles. The maximum absolute atomic E-state index is 13.5. The first kappa shape index (κ1) is 19.2. The second kappa shape index (κ2) is 8.06. The van der Waals surface area contributed by atoms with Gasteiger partial charge in [0.1, 0.15) is 11.5 Å². The fourth-order valence-corrected chi connectivity index (χ4v) is 3.32. The molecule has 0 aliphatic heterocycles. The molecule has 146 valence electrons. The van der Waals surface area contributed by atoms with Crippen LogP contribution in [0.4, 0.5) is 4.39 Å². The van der Waals surface area contributed by atoms with E-state index >= 15 is 0 Å². The van der Waals surface area contributed by atoms with Gasteiger partial charge in [-0.1, -0.05) is 0 Å². The number of rotatable bonds is 6. The molecule has 0 amide bonds. The Bertz CT molecular complexity index is 1170. The molecular formula is C22H17FN2O3S. The van der Waals surface area contributed by atoms with Gasteiger partial charge in [-0.05, 0) is 67.6 Å². The lowest BCUT2D eigenvalue weighted by Gasteiger charge is -2.07. The molecule has 4 rings (SSSR count). The molecule has 0 atom stereocenters. The highest BCUT2D eigenvalue weighted by Gasteiger charge is 2.19. The smallest absolute Gasteiger partial charge is 0.166 e. The Hall–Kier alpha value is -3.16. The molecule has 0 bridgehead atoms. The molecule has 29 heavy (non-hydrogen) atoms. The summed E-state index contributed by atoms with van der Waals surface area (Å²) < 4.78 is 20.2. The first-order chi connectivity index (χ1) is 14.1. The van der Waals surface area contributed by atoms with Gasteiger partial charge in [-0.15, -0.1) is 4.33 Å². The molecule has 0 N–H and O–H groups in total. The van der Waals surface area contributed by atoms with E-state index in [2.05, 4.69) is 0 Å². The first-order valence-corrected chi connectivity index (χ1v) is 9.99. The number of aromatic nitrogens is 2. The molecule has 0 unspecified atom stereocenters. The van der Waals surface area contributed by atoms with Crippen molar-refractivity contribution in [3.8, 4) is 28.3 Å². The molecule has 0 saturated carbocycles. The van der Waals surface area contributed by atoms with Gasteiger partial charge in [-0.25, -0.2) is 9.37 Å². The third kappa shape index (κ3) is 3.74. The van der Waals surface area contributed by atoms with Crippen LogP contribution in [-0.2, 0) is 4.33 Å². The lowest BCUT2D eigenvalue weighted by atomic mass is 10.0. The monoisotopic (exact) mass is 408 g/mol. The number of pyridine rings is 1. The number of ketones is 1. The highest BCUT2D eigenvalue weighted by Crippen LogP contribution is 2.34. The predicted molar refractivity (Wildman–Crippen MR) is 111 cm³/mol. The van der Waals surface area contributed by atoms with Crippen LogP contribution in [0.25, 0.3) is 28.2 Å². The second-order valence-electron chi connectivity index (χ2n) is 6.33. The maximum Gasteiger partial charge on any atom is 0.166 e. The topological polar surface area (TPSA) is 52.8 Å². The van der Waals surface area contributed by atoms with Crippen LogP contribution in [0.15, 0.2) is 66.9 Å². The molecule has 0 fully saturated rings. The summed E-state index contributed by atoms with van der Waals surface area (Å²) in [7, 11) is 0. The van der Waals surface area contributed by atoms with Gasteiger partial charge < -0.3 is 4.89 Å². The van der Waals surface area contributed by atoms with Crippen LogP contribution in [0.1, 0.15) is 17.3 Å². The molecular weight excluding hydrogens is 391 g/mol. The van der Waals surface area contributed by atoms with Gasteiger partial charge >= 0.3 is 0 Å². The van der Waals surface area contributed by atoms with Crippen LogP contribution < -0.4 is 4.89 Å². The predicted octanol–water partition coefficient (Wildman–Crippen LogP) is 5.60. The summed E-state index contributed by atoms with van der Waals surface area (Å²) in [5.41, 5.74) is 4.16. The van der Waals surface area contributed by atoms with Crippen molar-refractivity contribution in [2.75, 3.05) is 6.26 Å². The molecule has 0 aliphatic carbocycles. The van der Waals surface area contributed by atoms with Crippen LogP contribution in [0.5, 0.6) is 5.75 Å². The lowest BCUT2D eigenvalue weighted by Crippen LogP contribution is -1.98. The number of imidazole rings is 1. The van der Waals surface area contributed by atoms with Crippen LogP contribution in [-0.4, -0.2) is 21.4 Å². The summed E-state index contributed by atoms with van der Waals surface area (Å²) in [4.78, 5) is 22.0. The molecule has 2 aromatic heterocycles. The Labute approximate surface area is 171 Å². The van der Waals surface area contributed by atoms with Crippen LogP contribution in [0.3, 0.4) is 0 Å². The number of benzene rings is 2. The zero-order valence-corrected chi connectivity index (χ0v) is 16.6. The number of fused-ring (bicyclic) bond motifs is 1. The average Bonchev–Trinajstić information content (AvgIpc) is 3.12. The van der Waals surface area contributed by atoms with Crippen molar-refractivity contribution in [3.63, 3.8) is 0 Å². The van der Waals surface area contributed by atoms with Gasteiger partial charge in [0.05, 0.1) is 17.0 Å². The summed E-state index contributed by atoms with van der Waals surface area (Å²) in [5.74, 6) is 0.166. The van der Waals surface area contributed by atoms with E-state index in [-0.39, 0.29) is 11.6 Å². The van der Waals surface area contributed by atoms with E-state index in [1.165, 1.54) is 19.1 Å². The minimum absolute atomic E-state index is 0.0734. The van der Waals surface area contributed by atoms with Crippen molar-refractivity contribution in [1.29, 1.82) is 0 Å². The standard InChI is InChI=1S/C22H17FN2O3S/c1-14(26)19-4-3-13-25-21(16-5-9-17(23)10-6-16)20(24-22(19)25)15-7-11-18(12-8-15)27-28-29-2/h3-13H,1-2H3. The van der Waals surface area contributed by atoms with E-state index in [0.717, 1.165) is 28.9 Å². The van der Waals surface area contributed by atoms with Crippen molar-refractivity contribution in [2.24, 2.45) is 0 Å². The van der Waals surface area contributed by atoms with Crippen molar-refractivity contribution in [1.82, 2.24) is 9.38 Å². The highest BCUT2D eigenvalue weighted by atomic mass is 32.2. The number of nitrogens with zero attached hydrogens (tertiary/aromatic N) is 2. The Morgan fingerprint density at radius 2 is 1.72 bits per heavy atom. The molecule has 0 radical (unpaired) electrons. The Kier molecular flexibility index (Phi) is 5.33. The fourth-order valence-electron chi connectivity index (χ4n) is 3.17. The van der Waals surface area contributed by atoms with Crippen LogP contribution in [0, 0.1) is 5.82 Å². The first-order valence-electron chi connectivity index (χ1n) is 8.84. The summed E-state index contributed by atoms with van der Waals surface area (Å²) in [6, 6.07) is 17.0. The number of carbonyl (C=O) groups excluding carboxylic acids is 1. The van der Waals surface area contributed by atoms with Crippen LogP contribution >= 0.6 is 12.0 Å². The highest BCUT2D eigenvalue weighted by molar-refractivity contribution is 7.93. The van der Waals surface area contributed by atoms with Crippen molar-refractivity contribution in [2.45, 2.75) is 6.92 Å². The van der Waals surface area contributed by atoms with Crippen molar-refractivity contribution < 1.29 is 18.4 Å². The van der Waals surface area contributed by atoms with E-state index in [0.29, 0.717) is 22.7 Å². The third-order valence-corrected chi connectivity index (χ3v) is 4.68. The second-order valence-corrected chi connectivity index (χ2v) is 6.80. The zero-order valence-electron chi connectivity index (χ0n) is 15.8. The van der Waals surface area contributed by atoms with Crippen LogP contribution in [0.2, 0.25) is 0 Å². The number of hydrogen-bond acceptors (Lipinski definition) is 5. The van der Waals surface area contributed by atoms with Crippen molar-refractivity contribution in [3.05, 3.63) is 78.2 Å². The third-order valence-electron chi connectivity index (χ3n) is 4.47. The molecule has 5 nitrogen and oxygen atoms in total. The molecule has 4 aromatic rings. The normalized spacial score (nSPS) is 11.0. The van der Waals surface area contributed by atoms with Gasteiger partial charge in [0.2, 0.25) is 0 Å². The van der Waals surface area contributed by atoms with E-state index in [1.807, 2.05) is 22.7 Å². The molecule has 0 aliphatic rings. The van der Waals surface area contributed by atoms with Crippen molar-refractivity contribution >= 4 is 23.5 Å². The minimum Gasteiger partial charge on any atom is -0.325 e. The number of halogens is 1. The van der Waals surface area contributed by atoms with Gasteiger partial charge in [0, 0.05) is 35.6 Å². The summed E-state index contributed by atoms with van der Waals surface area (Å²) in [5, 5.41) is 0. The number of Topliss-reactive ketones (excluding diaryl/α,β-unsaturated/α-hetero) is 1. The minimum atomic E-state index is -0.316. The molecule has 2 aromatic carbocycles. The SMILES string of the molecule is CSOOc1ccc(-c2nc3c(C(C)=O)cccn3c2-c2ccc(F)cc2)cc1. The number of carbonyl (C=O) groups is 1. The molecule has 7 heteroatoms. The van der Waals surface area contributed by atoms with Gasteiger partial charge in [0.25, 0.3) is 0 Å². The Morgan fingerprint density at radius 3 is 2.38 bits per heavy atom. The van der Waals surface area contributed by atoms with E-state index in [4.69, 9.17) is 14.2 Å². The number of hydrogen-bond donors (Lipinski definition) is 0. The van der Waals surface area contributed by atoms with E-state index in [9.17, 15) is 9.18 Å². The fraction of sp³-hybridized carbons (Fsp3) is 0.0909. The largest absolute Gasteiger partial charge is 0.325 e. The zero-order chi connectivity index (χ0) is 20.4.